The molecule has 0 unspecified atom stereocenters. The number of benzene rings is 1. The third-order valence-electron chi connectivity index (χ3n) is 3.13. The summed E-state index contributed by atoms with van der Waals surface area (Å²) in [6, 6.07) is 7.86. The van der Waals surface area contributed by atoms with E-state index in [2.05, 4.69) is 22.4 Å². The zero-order valence-corrected chi connectivity index (χ0v) is 11.7. The number of aromatic nitrogens is 2. The summed E-state index contributed by atoms with van der Waals surface area (Å²) in [4.78, 5) is 0. The van der Waals surface area contributed by atoms with Crippen molar-refractivity contribution >= 4 is 39.8 Å². The number of rotatable bonds is 5. The van der Waals surface area contributed by atoms with Crippen LogP contribution in [0.15, 0.2) is 30.5 Å². The van der Waals surface area contributed by atoms with E-state index in [-0.39, 0.29) is 5.54 Å². The zero-order valence-electron chi connectivity index (χ0n) is 10.2. The van der Waals surface area contributed by atoms with Crippen LogP contribution in [-0.2, 0) is 0 Å². The Bertz CT molecular complexity index is 513. The molecule has 3 nitrogen and oxygen atoms in total. The molecule has 0 aliphatic heterocycles. The smallest absolute Gasteiger partial charge is 0.0950 e. The summed E-state index contributed by atoms with van der Waals surface area (Å²) in [5, 5.41) is 12.5. The van der Waals surface area contributed by atoms with E-state index in [4.69, 9.17) is 23.2 Å². The fraction of sp³-hybridized carbons (Fsp3) is 0.385. The lowest BCUT2D eigenvalue weighted by atomic mass is 10.0. The van der Waals surface area contributed by atoms with Gasteiger partial charge in [0.05, 0.1) is 22.9 Å². The fourth-order valence-electron chi connectivity index (χ4n) is 1.77. The second-order valence-electron chi connectivity index (χ2n) is 4.30. The molecule has 0 saturated carbocycles. The largest absolute Gasteiger partial charge is 0.375 e. The van der Waals surface area contributed by atoms with Crippen LogP contribution >= 0.6 is 23.2 Å². The third kappa shape index (κ3) is 2.52. The highest BCUT2D eigenvalue weighted by Crippen LogP contribution is 2.26. The van der Waals surface area contributed by atoms with Crippen LogP contribution in [0.5, 0.6) is 0 Å². The SMILES string of the molecule is CCC(CCl)(CCl)Nc1cnnc2ccccc12. The lowest BCUT2D eigenvalue weighted by Gasteiger charge is -2.31. The molecule has 18 heavy (non-hydrogen) atoms. The first-order valence-electron chi connectivity index (χ1n) is 5.85. The maximum absolute atomic E-state index is 6.04. The average Bonchev–Trinajstić information content (AvgIpc) is 2.45. The van der Waals surface area contributed by atoms with Crippen molar-refractivity contribution in [2.24, 2.45) is 0 Å². The molecule has 96 valence electrons. The lowest BCUT2D eigenvalue weighted by molar-refractivity contribution is 0.560. The molecule has 0 fully saturated rings. The number of alkyl halides is 2. The summed E-state index contributed by atoms with van der Waals surface area (Å²) >= 11 is 12.1. The van der Waals surface area contributed by atoms with Gasteiger partial charge in [-0.05, 0) is 12.5 Å². The quantitative estimate of drug-likeness (QED) is 0.851. The monoisotopic (exact) mass is 283 g/mol. The highest BCUT2D eigenvalue weighted by atomic mass is 35.5. The Morgan fingerprint density at radius 1 is 1.22 bits per heavy atom. The Balaban J connectivity index is 2.42. The molecule has 0 radical (unpaired) electrons. The fourth-order valence-corrected chi connectivity index (χ4v) is 2.57. The number of hydrogen-bond acceptors (Lipinski definition) is 3. The molecule has 0 spiro atoms. The van der Waals surface area contributed by atoms with Crippen LogP contribution in [0, 0.1) is 0 Å². The maximum atomic E-state index is 6.04. The molecule has 0 atom stereocenters. The maximum Gasteiger partial charge on any atom is 0.0950 e. The number of fused-ring (bicyclic) bond motifs is 1. The second kappa shape index (κ2) is 5.72. The van der Waals surface area contributed by atoms with Crippen molar-refractivity contribution in [3.8, 4) is 0 Å². The average molecular weight is 284 g/mol. The van der Waals surface area contributed by atoms with Crippen LogP contribution in [0.3, 0.4) is 0 Å². The molecule has 1 N–H and O–H groups in total. The van der Waals surface area contributed by atoms with Gasteiger partial charge in [0.25, 0.3) is 0 Å². The van der Waals surface area contributed by atoms with Crippen LogP contribution in [0.1, 0.15) is 13.3 Å². The summed E-state index contributed by atoms with van der Waals surface area (Å²) in [5.74, 6) is 0.896. The van der Waals surface area contributed by atoms with Gasteiger partial charge < -0.3 is 5.32 Å². The van der Waals surface area contributed by atoms with E-state index >= 15 is 0 Å². The molecule has 2 rings (SSSR count). The minimum atomic E-state index is -0.311. The molecule has 0 aliphatic carbocycles. The van der Waals surface area contributed by atoms with Crippen molar-refractivity contribution in [1.29, 1.82) is 0 Å². The summed E-state index contributed by atoms with van der Waals surface area (Å²) in [6.45, 7) is 2.06. The zero-order chi connectivity index (χ0) is 13.0. The van der Waals surface area contributed by atoms with Gasteiger partial charge in [0, 0.05) is 17.1 Å². The molecule has 5 heteroatoms. The Labute approximate surface area is 117 Å². The van der Waals surface area contributed by atoms with Gasteiger partial charge in [-0.1, -0.05) is 25.1 Å². The second-order valence-corrected chi connectivity index (χ2v) is 4.84. The van der Waals surface area contributed by atoms with Crippen LogP contribution in [0.25, 0.3) is 10.9 Å². The van der Waals surface area contributed by atoms with Crippen molar-refractivity contribution in [2.45, 2.75) is 18.9 Å². The summed E-state index contributed by atoms with van der Waals surface area (Å²) in [7, 11) is 0. The summed E-state index contributed by atoms with van der Waals surface area (Å²) in [6.07, 6.45) is 2.56. The van der Waals surface area contributed by atoms with E-state index in [0.717, 1.165) is 23.0 Å². The molecular formula is C13H15Cl2N3. The minimum absolute atomic E-state index is 0.311. The predicted molar refractivity (Wildman–Crippen MR) is 77.6 cm³/mol. The van der Waals surface area contributed by atoms with Gasteiger partial charge in [-0.3, -0.25) is 0 Å². The highest BCUT2D eigenvalue weighted by molar-refractivity contribution is 6.22. The third-order valence-corrected chi connectivity index (χ3v) is 4.16. The Morgan fingerprint density at radius 3 is 2.61 bits per heavy atom. The first kappa shape index (κ1) is 13.4. The Hall–Kier alpha value is -1.06. The molecular weight excluding hydrogens is 269 g/mol. The first-order valence-corrected chi connectivity index (χ1v) is 6.92. The minimum Gasteiger partial charge on any atom is -0.375 e. The van der Waals surface area contributed by atoms with Crippen molar-refractivity contribution < 1.29 is 0 Å². The Kier molecular flexibility index (Phi) is 4.25. The van der Waals surface area contributed by atoms with Crippen molar-refractivity contribution in [3.63, 3.8) is 0 Å². The summed E-state index contributed by atoms with van der Waals surface area (Å²) < 4.78 is 0. The van der Waals surface area contributed by atoms with Gasteiger partial charge in [-0.15, -0.1) is 23.2 Å². The van der Waals surface area contributed by atoms with E-state index < -0.39 is 0 Å². The molecule has 0 saturated heterocycles. The Morgan fingerprint density at radius 2 is 1.94 bits per heavy atom. The molecule has 1 aromatic carbocycles. The molecule has 0 aliphatic rings. The highest BCUT2D eigenvalue weighted by Gasteiger charge is 2.26. The van der Waals surface area contributed by atoms with Crippen LogP contribution in [0.4, 0.5) is 5.69 Å². The van der Waals surface area contributed by atoms with E-state index in [0.29, 0.717) is 11.8 Å². The van der Waals surface area contributed by atoms with Crippen LogP contribution in [-0.4, -0.2) is 27.5 Å². The van der Waals surface area contributed by atoms with Crippen molar-refractivity contribution in [1.82, 2.24) is 10.2 Å². The summed E-state index contributed by atoms with van der Waals surface area (Å²) in [5.41, 5.74) is 1.47. The number of nitrogens with zero attached hydrogens (tertiary/aromatic N) is 2. The number of hydrogen-bond donors (Lipinski definition) is 1. The first-order chi connectivity index (χ1) is 8.74. The van der Waals surface area contributed by atoms with Gasteiger partial charge in [-0.25, -0.2) is 0 Å². The number of anilines is 1. The predicted octanol–water partition coefficient (Wildman–Crippen LogP) is 3.67. The van der Waals surface area contributed by atoms with Gasteiger partial charge >= 0.3 is 0 Å². The number of halogens is 2. The molecule has 0 amide bonds. The van der Waals surface area contributed by atoms with E-state index in [1.807, 2.05) is 24.3 Å². The van der Waals surface area contributed by atoms with Gasteiger partial charge in [0.2, 0.25) is 0 Å². The standard InChI is InChI=1S/C13H15Cl2N3/c1-2-13(8-14,9-15)17-12-7-16-18-11-6-4-3-5-10(11)12/h3-7H,2,8-9H2,1H3,(H,17,18). The lowest BCUT2D eigenvalue weighted by Crippen LogP contribution is -2.41. The van der Waals surface area contributed by atoms with Gasteiger partial charge in [-0.2, -0.15) is 10.2 Å². The number of nitrogens with one attached hydrogen (secondary N) is 1. The van der Waals surface area contributed by atoms with E-state index in [9.17, 15) is 0 Å². The van der Waals surface area contributed by atoms with Gasteiger partial charge in [0.1, 0.15) is 0 Å². The molecule has 0 bridgehead atoms. The van der Waals surface area contributed by atoms with Crippen molar-refractivity contribution in [2.75, 3.05) is 17.1 Å². The topological polar surface area (TPSA) is 37.8 Å². The molecule has 2 aromatic rings. The van der Waals surface area contributed by atoms with E-state index in [1.54, 1.807) is 6.20 Å². The normalized spacial score (nSPS) is 11.7. The van der Waals surface area contributed by atoms with Crippen molar-refractivity contribution in [3.05, 3.63) is 30.5 Å². The van der Waals surface area contributed by atoms with Crippen LogP contribution in [0.2, 0.25) is 0 Å². The molecule has 1 aromatic heterocycles. The van der Waals surface area contributed by atoms with E-state index in [1.165, 1.54) is 0 Å². The van der Waals surface area contributed by atoms with Crippen LogP contribution < -0.4 is 5.32 Å². The van der Waals surface area contributed by atoms with Gasteiger partial charge in [0.15, 0.2) is 0 Å². The molecule has 1 heterocycles.